The Morgan fingerprint density at radius 3 is 2.64 bits per heavy atom. The van der Waals surface area contributed by atoms with Gasteiger partial charge in [0.15, 0.2) is 0 Å². The number of carboxylic acids is 1. The minimum Gasteiger partial charge on any atom is -0.480 e. The van der Waals surface area contributed by atoms with Crippen molar-refractivity contribution in [3.8, 4) is 6.07 Å². The standard InChI is InChI=1S/C6H8N2O3/c7-3-1-2-5(9)8-4-6(10)11/h1-2,4H2,(H,8,9)(H,10,11). The van der Waals surface area contributed by atoms with Crippen LogP contribution in [0.3, 0.4) is 0 Å². The molecule has 0 heterocycles. The van der Waals surface area contributed by atoms with Gasteiger partial charge in [-0.05, 0) is 0 Å². The molecule has 0 saturated carbocycles. The predicted molar refractivity (Wildman–Crippen MR) is 35.5 cm³/mol. The SMILES string of the molecule is N#CCCC(=O)NCC(=O)O. The normalized spacial score (nSPS) is 8.27. The van der Waals surface area contributed by atoms with Crippen LogP contribution in [0.25, 0.3) is 0 Å². The number of nitrogens with zero attached hydrogens (tertiary/aromatic N) is 1. The van der Waals surface area contributed by atoms with Crippen LogP contribution in [0, 0.1) is 11.3 Å². The molecule has 0 aliphatic heterocycles. The van der Waals surface area contributed by atoms with Crippen LogP contribution in [-0.2, 0) is 9.59 Å². The van der Waals surface area contributed by atoms with Gasteiger partial charge in [-0.25, -0.2) is 0 Å². The summed E-state index contributed by atoms with van der Waals surface area (Å²) in [6, 6.07) is 1.78. The van der Waals surface area contributed by atoms with Crippen molar-refractivity contribution in [3.63, 3.8) is 0 Å². The van der Waals surface area contributed by atoms with Crippen molar-refractivity contribution in [2.75, 3.05) is 6.54 Å². The van der Waals surface area contributed by atoms with Crippen molar-refractivity contribution >= 4 is 11.9 Å². The van der Waals surface area contributed by atoms with E-state index in [4.69, 9.17) is 10.4 Å². The van der Waals surface area contributed by atoms with Gasteiger partial charge in [-0.1, -0.05) is 0 Å². The fraction of sp³-hybridized carbons (Fsp3) is 0.500. The zero-order valence-electron chi connectivity index (χ0n) is 5.83. The molecule has 0 aromatic carbocycles. The second-order valence-electron chi connectivity index (χ2n) is 1.83. The molecule has 0 spiro atoms. The molecule has 0 saturated heterocycles. The van der Waals surface area contributed by atoms with Gasteiger partial charge in [0.05, 0.1) is 6.07 Å². The number of carbonyl (C=O) groups excluding carboxylic acids is 1. The maximum absolute atomic E-state index is 10.6. The summed E-state index contributed by atoms with van der Waals surface area (Å²) in [4.78, 5) is 20.5. The number of carboxylic acid groups (broad SMARTS) is 1. The molecule has 0 bridgehead atoms. The van der Waals surface area contributed by atoms with Crippen LogP contribution in [0.4, 0.5) is 0 Å². The summed E-state index contributed by atoms with van der Waals surface area (Å²) in [5.41, 5.74) is 0. The molecular weight excluding hydrogens is 148 g/mol. The fourth-order valence-electron chi connectivity index (χ4n) is 0.432. The van der Waals surface area contributed by atoms with Crippen molar-refractivity contribution < 1.29 is 14.7 Å². The average molecular weight is 156 g/mol. The summed E-state index contributed by atoms with van der Waals surface area (Å²) >= 11 is 0. The second kappa shape index (κ2) is 5.23. The molecule has 0 aromatic rings. The number of aliphatic carboxylic acids is 1. The Balaban J connectivity index is 3.39. The first-order chi connectivity index (χ1) is 5.16. The lowest BCUT2D eigenvalue weighted by Crippen LogP contribution is -2.28. The summed E-state index contributed by atoms with van der Waals surface area (Å²) in [7, 11) is 0. The zero-order chi connectivity index (χ0) is 8.69. The number of carbonyl (C=O) groups is 2. The summed E-state index contributed by atoms with van der Waals surface area (Å²) in [6.45, 7) is -0.385. The number of nitrogens with one attached hydrogen (secondary N) is 1. The van der Waals surface area contributed by atoms with Crippen LogP contribution in [-0.4, -0.2) is 23.5 Å². The highest BCUT2D eigenvalue weighted by atomic mass is 16.4. The first-order valence-electron chi connectivity index (χ1n) is 3.02. The monoisotopic (exact) mass is 156 g/mol. The van der Waals surface area contributed by atoms with Gasteiger partial charge in [0, 0.05) is 12.8 Å². The van der Waals surface area contributed by atoms with Gasteiger partial charge < -0.3 is 10.4 Å². The highest BCUT2D eigenvalue weighted by molar-refractivity contribution is 5.81. The fourth-order valence-corrected chi connectivity index (χ4v) is 0.432. The Bertz CT molecular complexity index is 194. The molecule has 1 amide bonds. The van der Waals surface area contributed by atoms with Gasteiger partial charge in [-0.3, -0.25) is 9.59 Å². The first kappa shape index (κ1) is 9.43. The van der Waals surface area contributed by atoms with Crippen molar-refractivity contribution in [3.05, 3.63) is 0 Å². The van der Waals surface area contributed by atoms with Crippen molar-refractivity contribution in [2.24, 2.45) is 0 Å². The molecular formula is C6H8N2O3. The second-order valence-corrected chi connectivity index (χ2v) is 1.83. The molecule has 0 rings (SSSR count). The van der Waals surface area contributed by atoms with Crippen molar-refractivity contribution in [2.45, 2.75) is 12.8 Å². The minimum absolute atomic E-state index is 0.0593. The van der Waals surface area contributed by atoms with E-state index in [9.17, 15) is 9.59 Å². The van der Waals surface area contributed by atoms with Crippen LogP contribution in [0.15, 0.2) is 0 Å². The lowest BCUT2D eigenvalue weighted by molar-refractivity contribution is -0.137. The van der Waals surface area contributed by atoms with E-state index in [0.717, 1.165) is 0 Å². The Labute approximate surface area is 63.6 Å². The molecule has 0 aliphatic rings. The molecule has 0 unspecified atom stereocenters. The topological polar surface area (TPSA) is 90.2 Å². The Hall–Kier alpha value is -1.57. The highest BCUT2D eigenvalue weighted by Crippen LogP contribution is 1.84. The van der Waals surface area contributed by atoms with Crippen LogP contribution >= 0.6 is 0 Å². The Morgan fingerprint density at radius 2 is 2.18 bits per heavy atom. The molecule has 2 N–H and O–H groups in total. The van der Waals surface area contributed by atoms with E-state index >= 15 is 0 Å². The lowest BCUT2D eigenvalue weighted by atomic mass is 10.3. The summed E-state index contributed by atoms with van der Waals surface area (Å²) < 4.78 is 0. The molecule has 60 valence electrons. The van der Waals surface area contributed by atoms with E-state index < -0.39 is 11.9 Å². The molecule has 0 aliphatic carbocycles. The summed E-state index contributed by atoms with van der Waals surface area (Å²) in [6.07, 6.45) is 0.176. The highest BCUT2D eigenvalue weighted by Gasteiger charge is 2.01. The largest absolute Gasteiger partial charge is 0.480 e. The predicted octanol–water partition coefficient (Wildman–Crippen LogP) is -0.509. The molecule has 5 nitrogen and oxygen atoms in total. The minimum atomic E-state index is -1.09. The number of nitriles is 1. The van der Waals surface area contributed by atoms with E-state index in [2.05, 4.69) is 5.32 Å². The van der Waals surface area contributed by atoms with Crippen LogP contribution < -0.4 is 5.32 Å². The first-order valence-corrected chi connectivity index (χ1v) is 3.02. The third-order valence-corrected chi connectivity index (χ3v) is 0.901. The number of hydrogen-bond donors (Lipinski definition) is 2. The van der Waals surface area contributed by atoms with Crippen LogP contribution in [0.1, 0.15) is 12.8 Å². The number of hydrogen-bond acceptors (Lipinski definition) is 3. The van der Waals surface area contributed by atoms with Crippen LogP contribution in [0.2, 0.25) is 0 Å². The van der Waals surface area contributed by atoms with Gasteiger partial charge in [0.1, 0.15) is 6.54 Å². The third-order valence-electron chi connectivity index (χ3n) is 0.901. The number of rotatable bonds is 4. The van der Waals surface area contributed by atoms with Crippen molar-refractivity contribution in [1.29, 1.82) is 5.26 Å². The van der Waals surface area contributed by atoms with E-state index in [1.165, 1.54) is 0 Å². The van der Waals surface area contributed by atoms with E-state index in [-0.39, 0.29) is 19.4 Å². The molecule has 5 heteroatoms. The quantitative estimate of drug-likeness (QED) is 0.573. The van der Waals surface area contributed by atoms with E-state index in [1.807, 2.05) is 0 Å². The maximum atomic E-state index is 10.6. The third kappa shape index (κ3) is 6.31. The Morgan fingerprint density at radius 1 is 1.55 bits per heavy atom. The van der Waals surface area contributed by atoms with E-state index in [0.29, 0.717) is 0 Å². The van der Waals surface area contributed by atoms with Gasteiger partial charge >= 0.3 is 5.97 Å². The van der Waals surface area contributed by atoms with Gasteiger partial charge in [0.25, 0.3) is 0 Å². The molecule has 0 atom stereocenters. The average Bonchev–Trinajstić information content (AvgIpc) is 1.97. The Kier molecular flexibility index (Phi) is 4.49. The van der Waals surface area contributed by atoms with Gasteiger partial charge in [-0.15, -0.1) is 0 Å². The smallest absolute Gasteiger partial charge is 0.322 e. The zero-order valence-corrected chi connectivity index (χ0v) is 5.83. The van der Waals surface area contributed by atoms with Crippen LogP contribution in [0.5, 0.6) is 0 Å². The molecule has 0 radical (unpaired) electrons. The lowest BCUT2D eigenvalue weighted by Gasteiger charge is -1.97. The molecule has 11 heavy (non-hydrogen) atoms. The summed E-state index contributed by atoms with van der Waals surface area (Å²) in [5, 5.41) is 18.3. The summed E-state index contributed by atoms with van der Waals surface area (Å²) in [5.74, 6) is -1.50. The van der Waals surface area contributed by atoms with E-state index in [1.54, 1.807) is 6.07 Å². The molecule has 0 aromatic heterocycles. The number of amides is 1. The molecule has 0 fully saturated rings. The maximum Gasteiger partial charge on any atom is 0.322 e. The van der Waals surface area contributed by atoms with Gasteiger partial charge in [-0.2, -0.15) is 5.26 Å². The van der Waals surface area contributed by atoms with Crippen molar-refractivity contribution in [1.82, 2.24) is 5.32 Å². The van der Waals surface area contributed by atoms with Gasteiger partial charge in [0.2, 0.25) is 5.91 Å².